The average molecular weight is 708 g/mol. The number of Topliss-reactive ketones (excluding diaryl/α,β-unsaturated/α-hetero) is 1. The van der Waals surface area contributed by atoms with Crippen molar-refractivity contribution in [3.8, 4) is 0 Å². The molecular formula is C34H35ClFN7O5S. The monoisotopic (exact) mass is 707 g/mol. The Labute approximate surface area is 291 Å². The zero-order chi connectivity index (χ0) is 34.2. The third kappa shape index (κ3) is 6.65. The number of benzene rings is 2. The Balaban J connectivity index is 1.10. The van der Waals surface area contributed by atoms with E-state index in [4.69, 9.17) is 26.1 Å². The number of amidine groups is 1. The molecule has 1 unspecified atom stereocenters. The molecule has 0 radical (unpaired) electrons. The number of thiazole rings is 1. The molecule has 4 aliphatic rings. The first kappa shape index (κ1) is 33.1. The first-order valence-electron chi connectivity index (χ1n) is 16.0. The van der Waals surface area contributed by atoms with Gasteiger partial charge in [-0.05, 0) is 43.3 Å². The van der Waals surface area contributed by atoms with Crippen molar-refractivity contribution in [2.45, 2.75) is 25.1 Å². The molecule has 3 fully saturated rings. The highest BCUT2D eigenvalue weighted by Gasteiger charge is 2.42. The van der Waals surface area contributed by atoms with Crippen LogP contribution in [0.25, 0.3) is 0 Å². The second kappa shape index (κ2) is 13.9. The molecule has 2 aromatic carbocycles. The van der Waals surface area contributed by atoms with E-state index in [9.17, 15) is 18.8 Å². The van der Waals surface area contributed by atoms with Crippen molar-refractivity contribution in [1.82, 2.24) is 20.1 Å². The number of hydrogen-bond donors (Lipinski definition) is 1. The predicted octanol–water partition coefficient (Wildman–Crippen LogP) is 3.87. The normalized spacial score (nSPS) is 22.9. The molecule has 7 rings (SSSR count). The van der Waals surface area contributed by atoms with Gasteiger partial charge in [-0.1, -0.05) is 17.7 Å². The molecule has 4 aliphatic heterocycles. The van der Waals surface area contributed by atoms with Crippen LogP contribution in [-0.4, -0.2) is 110 Å². The van der Waals surface area contributed by atoms with Gasteiger partial charge in [-0.3, -0.25) is 19.6 Å². The van der Waals surface area contributed by atoms with Gasteiger partial charge in [-0.15, -0.1) is 11.3 Å². The number of fused-ring (bicyclic) bond motifs is 1. The minimum Gasteiger partial charge on any atom is -0.466 e. The molecule has 3 saturated heterocycles. The number of carbonyl (C=O) groups excluding carboxylic acids is 3. The predicted molar refractivity (Wildman–Crippen MR) is 184 cm³/mol. The first-order chi connectivity index (χ1) is 23.7. The topological polar surface area (TPSA) is 120 Å². The van der Waals surface area contributed by atoms with Crippen molar-refractivity contribution in [3.63, 3.8) is 0 Å². The quantitative estimate of drug-likeness (QED) is 0.348. The van der Waals surface area contributed by atoms with E-state index in [0.717, 1.165) is 11.4 Å². The maximum Gasteiger partial charge on any atom is 0.338 e. The largest absolute Gasteiger partial charge is 0.466 e. The van der Waals surface area contributed by atoms with Gasteiger partial charge in [0.25, 0.3) is 0 Å². The molecule has 0 saturated carbocycles. The summed E-state index contributed by atoms with van der Waals surface area (Å²) in [5, 5.41) is 5.95. The Morgan fingerprint density at radius 3 is 2.61 bits per heavy atom. The van der Waals surface area contributed by atoms with Crippen LogP contribution in [0.3, 0.4) is 0 Å². The summed E-state index contributed by atoms with van der Waals surface area (Å²) in [5.41, 5.74) is 3.11. The van der Waals surface area contributed by atoms with Crippen LogP contribution in [0.2, 0.25) is 5.02 Å². The Morgan fingerprint density at radius 1 is 1.10 bits per heavy atom. The van der Waals surface area contributed by atoms with Gasteiger partial charge in [0.2, 0.25) is 0 Å². The third-order valence-corrected chi connectivity index (χ3v) is 10.4. The number of nitrogens with zero attached hydrogens (tertiary/aromatic N) is 6. The standard InChI is InChI=1S/C34H35ClFN7O5S/c1-20(44)28-19-41(12-13-48-28)22-4-6-23(7-5-22)43-17-24-16-40(10-11-42(24)34(43)46)18-27-29(33(45)47-2)30(25-8-3-21(36)15-26(25)35)39-31(38-27)32-37-9-14-49-32/h3-9,14-15,24,28,30H,10-13,16-19H2,1-2H3,(H,38,39)/t24-,28?,30-/m0/s1. The first-order valence-corrected chi connectivity index (χ1v) is 17.2. The molecule has 15 heteroatoms. The maximum absolute atomic E-state index is 14.0. The Kier molecular flexibility index (Phi) is 9.38. The van der Waals surface area contributed by atoms with Crippen molar-refractivity contribution in [3.05, 3.63) is 86.7 Å². The number of ketones is 1. The van der Waals surface area contributed by atoms with Crippen molar-refractivity contribution < 1.29 is 28.2 Å². The van der Waals surface area contributed by atoms with E-state index < -0.39 is 23.9 Å². The molecule has 1 aromatic heterocycles. The van der Waals surface area contributed by atoms with Crippen LogP contribution in [0.1, 0.15) is 23.5 Å². The lowest BCUT2D eigenvalue weighted by Gasteiger charge is -2.38. The van der Waals surface area contributed by atoms with Crippen LogP contribution in [0.15, 0.2) is 70.3 Å². The van der Waals surface area contributed by atoms with Gasteiger partial charge in [0, 0.05) is 78.5 Å². The smallest absolute Gasteiger partial charge is 0.338 e. The number of nitrogens with one attached hydrogen (secondary N) is 1. The molecule has 3 atom stereocenters. The van der Waals surface area contributed by atoms with Crippen molar-refractivity contribution in [1.29, 1.82) is 0 Å². The number of urea groups is 1. The Morgan fingerprint density at radius 2 is 1.90 bits per heavy atom. The SMILES string of the molecule is COC(=O)C1=C(CN2CCN3C(=O)N(c4ccc(N5CCOC(C(C)=O)C5)cc4)C[C@@H]3C2)NC(c2nccs2)=N[C@H]1c1ccc(F)cc1Cl. The third-order valence-electron chi connectivity index (χ3n) is 9.29. The second-order valence-corrected chi connectivity index (χ2v) is 13.6. The van der Waals surface area contributed by atoms with Crippen LogP contribution in [0, 0.1) is 5.82 Å². The van der Waals surface area contributed by atoms with Crippen molar-refractivity contribution >= 4 is 57.9 Å². The highest BCUT2D eigenvalue weighted by molar-refractivity contribution is 7.11. The molecule has 0 bridgehead atoms. The van der Waals surface area contributed by atoms with Gasteiger partial charge in [0.05, 0.1) is 31.9 Å². The number of ether oxygens (including phenoxy) is 2. The Hall–Kier alpha value is -4.37. The van der Waals surface area contributed by atoms with E-state index >= 15 is 0 Å². The number of aliphatic imine (C=N–C) groups is 1. The fourth-order valence-electron chi connectivity index (χ4n) is 6.80. The molecule has 1 N–H and O–H groups in total. The van der Waals surface area contributed by atoms with E-state index in [1.165, 1.54) is 36.6 Å². The summed E-state index contributed by atoms with van der Waals surface area (Å²) in [5.74, 6) is -0.587. The number of rotatable bonds is 8. The van der Waals surface area contributed by atoms with Gasteiger partial charge in [-0.2, -0.15) is 0 Å². The van der Waals surface area contributed by atoms with Crippen LogP contribution >= 0.6 is 22.9 Å². The lowest BCUT2D eigenvalue weighted by atomic mass is 9.95. The van der Waals surface area contributed by atoms with Crippen molar-refractivity contribution in [2.75, 3.05) is 69.3 Å². The maximum atomic E-state index is 14.0. The van der Waals surface area contributed by atoms with Crippen LogP contribution in [0.4, 0.5) is 20.6 Å². The van der Waals surface area contributed by atoms with E-state index in [2.05, 4.69) is 20.1 Å². The number of esters is 1. The minimum atomic E-state index is -0.852. The molecular weight excluding hydrogens is 673 g/mol. The van der Waals surface area contributed by atoms with E-state index in [1.54, 1.807) is 18.0 Å². The Bertz CT molecular complexity index is 1820. The second-order valence-electron chi connectivity index (χ2n) is 12.3. The number of methoxy groups -OCH3 is 1. The molecule has 49 heavy (non-hydrogen) atoms. The number of amides is 2. The summed E-state index contributed by atoms with van der Waals surface area (Å²) in [4.78, 5) is 56.0. The van der Waals surface area contributed by atoms with Crippen LogP contribution in [0.5, 0.6) is 0 Å². The zero-order valence-electron chi connectivity index (χ0n) is 27.0. The average Bonchev–Trinajstić information content (AvgIpc) is 3.76. The van der Waals surface area contributed by atoms with Gasteiger partial charge in [0.1, 0.15) is 18.0 Å². The lowest BCUT2D eigenvalue weighted by Crippen LogP contribution is -2.53. The van der Waals surface area contributed by atoms with Gasteiger partial charge in [-0.25, -0.2) is 19.0 Å². The van der Waals surface area contributed by atoms with Crippen LogP contribution < -0.4 is 15.1 Å². The summed E-state index contributed by atoms with van der Waals surface area (Å²) in [6.07, 6.45) is 1.24. The number of morpholine rings is 1. The molecule has 5 heterocycles. The number of hydrogen-bond acceptors (Lipinski definition) is 11. The molecule has 256 valence electrons. The number of anilines is 2. The molecule has 2 amide bonds. The highest BCUT2D eigenvalue weighted by Crippen LogP contribution is 2.37. The number of carbonyl (C=O) groups is 3. The fraction of sp³-hybridized carbons (Fsp3) is 0.382. The van der Waals surface area contributed by atoms with Gasteiger partial charge in [0.15, 0.2) is 16.6 Å². The summed E-state index contributed by atoms with van der Waals surface area (Å²) >= 11 is 7.90. The van der Waals surface area contributed by atoms with Crippen LogP contribution in [-0.2, 0) is 19.1 Å². The molecule has 0 spiro atoms. The summed E-state index contributed by atoms with van der Waals surface area (Å²) in [6.45, 7) is 5.74. The zero-order valence-corrected chi connectivity index (χ0v) is 28.5. The highest BCUT2D eigenvalue weighted by atomic mass is 35.5. The number of halogens is 2. The van der Waals surface area contributed by atoms with E-state index in [-0.39, 0.29) is 28.5 Å². The summed E-state index contributed by atoms with van der Waals surface area (Å²) in [7, 11) is 1.31. The minimum absolute atomic E-state index is 0.0111. The van der Waals surface area contributed by atoms with E-state index in [1.807, 2.05) is 34.5 Å². The fourth-order valence-corrected chi connectivity index (χ4v) is 7.65. The summed E-state index contributed by atoms with van der Waals surface area (Å²) < 4.78 is 24.8. The molecule has 3 aromatic rings. The molecule has 0 aliphatic carbocycles. The summed E-state index contributed by atoms with van der Waals surface area (Å²) in [6, 6.07) is 10.9. The van der Waals surface area contributed by atoms with E-state index in [0.29, 0.717) is 74.5 Å². The number of piperazine rings is 1. The van der Waals surface area contributed by atoms with Gasteiger partial charge < -0.3 is 24.6 Å². The van der Waals surface area contributed by atoms with Crippen molar-refractivity contribution in [2.24, 2.45) is 4.99 Å². The number of aromatic nitrogens is 1. The lowest BCUT2D eigenvalue weighted by molar-refractivity contribution is -0.136. The molecule has 12 nitrogen and oxygen atoms in total. The van der Waals surface area contributed by atoms with Gasteiger partial charge >= 0.3 is 12.0 Å².